The normalized spacial score (nSPS) is 21.0. The van der Waals surface area contributed by atoms with Gasteiger partial charge >= 0.3 is 0 Å². The molecule has 106 valence electrons. The van der Waals surface area contributed by atoms with Gasteiger partial charge in [0.15, 0.2) is 0 Å². The standard InChI is InChI=1S/C15H13N3O3/c1-8-4-9(6-16)13-10(5-8)7-18(15(13)21)11-2-3-12(19)17-14(11)20/h4-5,11H,2-3,7H2,1H3,(H,17,19,20). The van der Waals surface area contributed by atoms with Crippen LogP contribution in [0, 0.1) is 18.3 Å². The summed E-state index contributed by atoms with van der Waals surface area (Å²) in [6, 6.07) is 4.93. The van der Waals surface area contributed by atoms with E-state index in [1.165, 1.54) is 4.90 Å². The lowest BCUT2D eigenvalue weighted by atomic mass is 10.0. The fraction of sp³-hybridized carbons (Fsp3) is 0.333. The van der Waals surface area contributed by atoms with E-state index in [9.17, 15) is 19.6 Å². The zero-order valence-electron chi connectivity index (χ0n) is 11.5. The van der Waals surface area contributed by atoms with Gasteiger partial charge in [-0.25, -0.2) is 0 Å². The number of amides is 3. The van der Waals surface area contributed by atoms with Gasteiger partial charge in [-0.3, -0.25) is 19.7 Å². The fourth-order valence-corrected chi connectivity index (χ4v) is 2.96. The largest absolute Gasteiger partial charge is 0.322 e. The summed E-state index contributed by atoms with van der Waals surface area (Å²) in [7, 11) is 0. The van der Waals surface area contributed by atoms with Crippen molar-refractivity contribution in [3.63, 3.8) is 0 Å². The number of carbonyl (C=O) groups is 3. The lowest BCUT2D eigenvalue weighted by Crippen LogP contribution is -2.52. The van der Waals surface area contributed by atoms with Crippen LogP contribution in [-0.2, 0) is 16.1 Å². The summed E-state index contributed by atoms with van der Waals surface area (Å²) >= 11 is 0. The van der Waals surface area contributed by atoms with Crippen molar-refractivity contribution in [1.82, 2.24) is 10.2 Å². The minimum Gasteiger partial charge on any atom is -0.322 e. The number of hydrogen-bond donors (Lipinski definition) is 1. The van der Waals surface area contributed by atoms with Gasteiger partial charge < -0.3 is 4.90 Å². The number of hydrogen-bond acceptors (Lipinski definition) is 4. The number of carbonyl (C=O) groups excluding carboxylic acids is 3. The Hall–Kier alpha value is -2.68. The highest BCUT2D eigenvalue weighted by atomic mass is 16.2. The van der Waals surface area contributed by atoms with Crippen molar-refractivity contribution in [2.24, 2.45) is 0 Å². The number of piperidine rings is 1. The molecule has 21 heavy (non-hydrogen) atoms. The summed E-state index contributed by atoms with van der Waals surface area (Å²) in [5.41, 5.74) is 2.39. The van der Waals surface area contributed by atoms with Crippen molar-refractivity contribution < 1.29 is 14.4 Å². The lowest BCUT2D eigenvalue weighted by molar-refractivity contribution is -0.136. The SMILES string of the molecule is Cc1cc(C#N)c2c(c1)CN(C1CCC(=O)NC1=O)C2=O. The summed E-state index contributed by atoms with van der Waals surface area (Å²) < 4.78 is 0. The van der Waals surface area contributed by atoms with E-state index in [1.54, 1.807) is 6.07 Å². The number of aryl methyl sites for hydroxylation is 1. The summed E-state index contributed by atoms with van der Waals surface area (Å²) in [5.74, 6) is -1.06. The van der Waals surface area contributed by atoms with E-state index >= 15 is 0 Å². The average molecular weight is 283 g/mol. The van der Waals surface area contributed by atoms with Crippen molar-refractivity contribution in [3.05, 3.63) is 34.4 Å². The molecule has 1 unspecified atom stereocenters. The Morgan fingerprint density at radius 1 is 1.33 bits per heavy atom. The van der Waals surface area contributed by atoms with Crippen LogP contribution in [0.3, 0.4) is 0 Å². The average Bonchev–Trinajstić information content (AvgIpc) is 2.75. The monoisotopic (exact) mass is 283 g/mol. The number of benzene rings is 1. The van der Waals surface area contributed by atoms with Crippen molar-refractivity contribution >= 4 is 17.7 Å². The van der Waals surface area contributed by atoms with Crippen molar-refractivity contribution in [1.29, 1.82) is 5.26 Å². The van der Waals surface area contributed by atoms with Gasteiger partial charge in [-0.2, -0.15) is 5.26 Å². The Bertz CT molecular complexity index is 718. The van der Waals surface area contributed by atoms with Crippen LogP contribution in [0.25, 0.3) is 0 Å². The molecule has 1 saturated heterocycles. The zero-order valence-corrected chi connectivity index (χ0v) is 11.5. The summed E-state index contributed by atoms with van der Waals surface area (Å²) in [4.78, 5) is 37.1. The Labute approximate surface area is 121 Å². The van der Waals surface area contributed by atoms with Crippen molar-refractivity contribution in [3.8, 4) is 6.07 Å². The molecule has 1 N–H and O–H groups in total. The van der Waals surface area contributed by atoms with Crippen LogP contribution in [-0.4, -0.2) is 28.7 Å². The summed E-state index contributed by atoms with van der Waals surface area (Å²) in [6.45, 7) is 2.16. The summed E-state index contributed by atoms with van der Waals surface area (Å²) in [6.07, 6.45) is 0.548. The fourth-order valence-electron chi connectivity index (χ4n) is 2.96. The van der Waals surface area contributed by atoms with Crippen molar-refractivity contribution in [2.45, 2.75) is 32.4 Å². The molecule has 6 nitrogen and oxygen atoms in total. The smallest absolute Gasteiger partial charge is 0.256 e. The molecule has 6 heteroatoms. The van der Waals surface area contributed by atoms with Crippen LogP contribution in [0.15, 0.2) is 12.1 Å². The van der Waals surface area contributed by atoms with Crippen LogP contribution in [0.4, 0.5) is 0 Å². The summed E-state index contributed by atoms with van der Waals surface area (Å²) in [5, 5.41) is 11.4. The second-order valence-corrected chi connectivity index (χ2v) is 5.36. The maximum absolute atomic E-state index is 12.5. The van der Waals surface area contributed by atoms with Gasteiger partial charge in [-0.15, -0.1) is 0 Å². The molecule has 0 aromatic heterocycles. The highest BCUT2D eigenvalue weighted by Crippen LogP contribution is 2.30. The quantitative estimate of drug-likeness (QED) is 0.765. The molecular formula is C15H13N3O3. The molecule has 2 heterocycles. The van der Waals surface area contributed by atoms with Gasteiger partial charge in [0.1, 0.15) is 6.04 Å². The number of nitrogens with one attached hydrogen (secondary N) is 1. The predicted molar refractivity (Wildman–Crippen MR) is 71.9 cm³/mol. The highest BCUT2D eigenvalue weighted by Gasteiger charge is 2.40. The Balaban J connectivity index is 1.96. The molecule has 1 aromatic rings. The third kappa shape index (κ3) is 2.07. The van der Waals surface area contributed by atoms with Crippen LogP contribution < -0.4 is 5.32 Å². The topological polar surface area (TPSA) is 90.3 Å². The number of rotatable bonds is 1. The van der Waals surface area contributed by atoms with Crippen LogP contribution in [0.1, 0.15) is 39.9 Å². The molecular weight excluding hydrogens is 270 g/mol. The molecule has 2 aliphatic rings. The van der Waals surface area contributed by atoms with E-state index in [0.29, 0.717) is 24.1 Å². The molecule has 0 radical (unpaired) electrons. The van der Waals surface area contributed by atoms with E-state index in [2.05, 4.69) is 5.32 Å². The molecule has 2 aliphatic heterocycles. The minimum absolute atomic E-state index is 0.223. The van der Waals surface area contributed by atoms with E-state index in [4.69, 9.17) is 0 Å². The third-order valence-corrected chi connectivity index (χ3v) is 3.89. The molecule has 0 aliphatic carbocycles. The lowest BCUT2D eigenvalue weighted by Gasteiger charge is -2.29. The molecule has 0 bridgehead atoms. The first-order valence-electron chi connectivity index (χ1n) is 6.69. The van der Waals surface area contributed by atoms with Gasteiger partial charge in [0.05, 0.1) is 17.2 Å². The Kier molecular flexibility index (Phi) is 2.98. The van der Waals surface area contributed by atoms with E-state index in [0.717, 1.165) is 11.1 Å². The van der Waals surface area contributed by atoms with Gasteiger partial charge in [0.2, 0.25) is 11.8 Å². The van der Waals surface area contributed by atoms with Crippen LogP contribution in [0.5, 0.6) is 0 Å². The van der Waals surface area contributed by atoms with E-state index in [-0.39, 0.29) is 18.2 Å². The molecule has 1 fully saturated rings. The minimum atomic E-state index is -0.644. The van der Waals surface area contributed by atoms with Gasteiger partial charge in [0.25, 0.3) is 5.91 Å². The molecule has 1 atom stereocenters. The van der Waals surface area contributed by atoms with E-state index < -0.39 is 11.9 Å². The van der Waals surface area contributed by atoms with E-state index in [1.807, 2.05) is 19.1 Å². The van der Waals surface area contributed by atoms with Crippen LogP contribution >= 0.6 is 0 Å². The predicted octanol–water partition coefficient (Wildman–Crippen LogP) is 0.628. The first kappa shape index (κ1) is 13.3. The second kappa shape index (κ2) is 4.70. The molecule has 3 rings (SSSR count). The Morgan fingerprint density at radius 2 is 2.10 bits per heavy atom. The van der Waals surface area contributed by atoms with Crippen LogP contribution in [0.2, 0.25) is 0 Å². The molecule has 0 saturated carbocycles. The van der Waals surface area contributed by atoms with Gasteiger partial charge in [-0.1, -0.05) is 6.07 Å². The number of imide groups is 1. The maximum atomic E-state index is 12.5. The molecule has 0 spiro atoms. The first-order chi connectivity index (χ1) is 10.0. The van der Waals surface area contributed by atoms with Gasteiger partial charge in [-0.05, 0) is 30.5 Å². The first-order valence-corrected chi connectivity index (χ1v) is 6.69. The third-order valence-electron chi connectivity index (χ3n) is 3.89. The second-order valence-electron chi connectivity index (χ2n) is 5.36. The number of nitrogens with zero attached hydrogens (tertiary/aromatic N) is 2. The van der Waals surface area contributed by atoms with Crippen molar-refractivity contribution in [2.75, 3.05) is 0 Å². The molecule has 3 amide bonds. The maximum Gasteiger partial charge on any atom is 0.256 e. The zero-order chi connectivity index (χ0) is 15.1. The Morgan fingerprint density at radius 3 is 2.76 bits per heavy atom. The number of fused-ring (bicyclic) bond motifs is 1. The molecule has 1 aromatic carbocycles. The van der Waals surface area contributed by atoms with Gasteiger partial charge in [0, 0.05) is 13.0 Å². The highest BCUT2D eigenvalue weighted by molar-refractivity contribution is 6.06. The number of nitriles is 1.